The predicted octanol–water partition coefficient (Wildman–Crippen LogP) is 3.16. The number of hydrogen-bond donors (Lipinski definition) is 1. The molecule has 1 amide bonds. The fourth-order valence-corrected chi connectivity index (χ4v) is 3.28. The summed E-state index contributed by atoms with van der Waals surface area (Å²) in [5, 5.41) is 9.03. The fourth-order valence-electron chi connectivity index (χ4n) is 3.28. The van der Waals surface area contributed by atoms with Crippen molar-refractivity contribution >= 4 is 11.9 Å². The lowest BCUT2D eigenvalue weighted by Crippen LogP contribution is -2.30. The molecule has 130 valence electrons. The van der Waals surface area contributed by atoms with Crippen LogP contribution in [0.4, 0.5) is 4.39 Å². The van der Waals surface area contributed by atoms with Gasteiger partial charge in [-0.2, -0.15) is 0 Å². The summed E-state index contributed by atoms with van der Waals surface area (Å²) in [5.74, 6) is -0.839. The smallest absolute Gasteiger partial charge is 0.335 e. The Bertz CT molecular complexity index is 773. The lowest BCUT2D eigenvalue weighted by molar-refractivity contribution is -0.129. The minimum atomic E-state index is -0.991. The van der Waals surface area contributed by atoms with E-state index in [0.29, 0.717) is 24.6 Å². The van der Waals surface area contributed by atoms with Crippen molar-refractivity contribution in [3.05, 3.63) is 71.0 Å². The number of nitrogens with zero attached hydrogens (tertiary/aromatic N) is 1. The zero-order valence-corrected chi connectivity index (χ0v) is 13.8. The maximum atomic E-state index is 13.0. The van der Waals surface area contributed by atoms with E-state index >= 15 is 0 Å². The molecule has 1 heterocycles. The van der Waals surface area contributed by atoms with Crippen molar-refractivity contribution in [3.63, 3.8) is 0 Å². The van der Waals surface area contributed by atoms with Gasteiger partial charge in [-0.15, -0.1) is 0 Å². The van der Waals surface area contributed by atoms with Crippen molar-refractivity contribution in [2.45, 2.75) is 19.3 Å². The molecular formula is C20H20FNO3. The molecule has 1 aliphatic rings. The maximum absolute atomic E-state index is 13.0. The van der Waals surface area contributed by atoms with E-state index in [9.17, 15) is 14.0 Å². The Kier molecular flexibility index (Phi) is 5.12. The third-order valence-electron chi connectivity index (χ3n) is 4.61. The number of carboxylic acids is 1. The minimum Gasteiger partial charge on any atom is -0.478 e. The topological polar surface area (TPSA) is 57.6 Å². The summed E-state index contributed by atoms with van der Waals surface area (Å²) in [6.07, 6.45) is 1.97. The van der Waals surface area contributed by atoms with E-state index in [1.807, 2.05) is 4.90 Å². The Balaban J connectivity index is 1.56. The molecule has 2 aromatic carbocycles. The summed E-state index contributed by atoms with van der Waals surface area (Å²) >= 11 is 0. The molecule has 0 spiro atoms. The number of aromatic carboxylic acids is 1. The van der Waals surface area contributed by atoms with Gasteiger partial charge in [-0.25, -0.2) is 9.18 Å². The molecule has 4 nitrogen and oxygen atoms in total. The van der Waals surface area contributed by atoms with Gasteiger partial charge in [0.15, 0.2) is 0 Å². The van der Waals surface area contributed by atoms with Crippen molar-refractivity contribution in [1.82, 2.24) is 4.90 Å². The van der Waals surface area contributed by atoms with E-state index in [-0.39, 0.29) is 23.7 Å². The van der Waals surface area contributed by atoms with E-state index in [2.05, 4.69) is 0 Å². The molecular weight excluding hydrogens is 321 g/mol. The van der Waals surface area contributed by atoms with Crippen LogP contribution in [0.1, 0.15) is 27.9 Å². The lowest BCUT2D eigenvalue weighted by atomic mass is 9.99. The number of benzene rings is 2. The molecule has 0 saturated carbocycles. The normalized spacial score (nSPS) is 16.8. The second-order valence-electron chi connectivity index (χ2n) is 6.51. The van der Waals surface area contributed by atoms with Crippen molar-refractivity contribution in [3.8, 4) is 0 Å². The van der Waals surface area contributed by atoms with E-state index in [1.54, 1.807) is 30.3 Å². The van der Waals surface area contributed by atoms with Gasteiger partial charge in [-0.3, -0.25) is 4.79 Å². The van der Waals surface area contributed by atoms with Gasteiger partial charge in [-0.05, 0) is 54.2 Å². The van der Waals surface area contributed by atoms with Gasteiger partial charge in [0.25, 0.3) is 0 Å². The van der Waals surface area contributed by atoms with Crippen molar-refractivity contribution in [1.29, 1.82) is 0 Å². The second-order valence-corrected chi connectivity index (χ2v) is 6.51. The molecule has 0 radical (unpaired) electrons. The summed E-state index contributed by atoms with van der Waals surface area (Å²) in [6, 6.07) is 13.0. The van der Waals surface area contributed by atoms with Gasteiger partial charge in [0.2, 0.25) is 5.91 Å². The first-order valence-electron chi connectivity index (χ1n) is 8.36. The molecule has 1 atom stereocenters. The SMILES string of the molecule is O=C(O)c1cccc(CC(=O)N2CCC(Cc3ccc(F)cc3)C2)c1. The zero-order valence-electron chi connectivity index (χ0n) is 13.8. The summed E-state index contributed by atoms with van der Waals surface area (Å²) in [7, 11) is 0. The van der Waals surface area contributed by atoms with Gasteiger partial charge < -0.3 is 10.0 Å². The molecule has 1 saturated heterocycles. The number of amides is 1. The maximum Gasteiger partial charge on any atom is 0.335 e. The van der Waals surface area contributed by atoms with Crippen LogP contribution >= 0.6 is 0 Å². The number of halogens is 1. The number of rotatable bonds is 5. The van der Waals surface area contributed by atoms with Crippen molar-refractivity contribution in [2.75, 3.05) is 13.1 Å². The van der Waals surface area contributed by atoms with Crippen molar-refractivity contribution < 1.29 is 19.1 Å². The molecule has 25 heavy (non-hydrogen) atoms. The highest BCUT2D eigenvalue weighted by Gasteiger charge is 2.26. The number of carbonyl (C=O) groups is 2. The molecule has 0 aliphatic carbocycles. The zero-order chi connectivity index (χ0) is 17.8. The Labute approximate surface area is 145 Å². The molecule has 0 bridgehead atoms. The Hall–Kier alpha value is -2.69. The average Bonchev–Trinajstić information content (AvgIpc) is 3.06. The van der Waals surface area contributed by atoms with Gasteiger partial charge in [0.05, 0.1) is 12.0 Å². The molecule has 2 aromatic rings. The summed E-state index contributed by atoms with van der Waals surface area (Å²) in [5.41, 5.74) is 1.99. The fraction of sp³-hybridized carbons (Fsp3) is 0.300. The van der Waals surface area contributed by atoms with Gasteiger partial charge in [-0.1, -0.05) is 24.3 Å². The molecule has 0 aromatic heterocycles. The second kappa shape index (κ2) is 7.47. The minimum absolute atomic E-state index is 0.0177. The number of likely N-dealkylation sites (tertiary alicyclic amines) is 1. The molecule has 5 heteroatoms. The van der Waals surface area contributed by atoms with E-state index in [4.69, 9.17) is 5.11 Å². The highest BCUT2D eigenvalue weighted by atomic mass is 19.1. The molecule has 1 fully saturated rings. The average molecular weight is 341 g/mol. The van der Waals surface area contributed by atoms with Crippen LogP contribution in [0.5, 0.6) is 0 Å². The molecule has 1 aliphatic heterocycles. The van der Waals surface area contributed by atoms with Crippen LogP contribution in [0.25, 0.3) is 0 Å². The standard InChI is InChI=1S/C20H20FNO3/c21-18-6-4-14(5-7-18)10-16-8-9-22(13-16)19(23)12-15-2-1-3-17(11-15)20(24)25/h1-7,11,16H,8-10,12-13H2,(H,24,25). The monoisotopic (exact) mass is 341 g/mol. The summed E-state index contributed by atoms with van der Waals surface area (Å²) < 4.78 is 13.0. The van der Waals surface area contributed by atoms with Gasteiger partial charge in [0, 0.05) is 13.1 Å². The largest absolute Gasteiger partial charge is 0.478 e. The Morgan fingerprint density at radius 2 is 1.88 bits per heavy atom. The van der Waals surface area contributed by atoms with Crippen molar-refractivity contribution in [2.24, 2.45) is 5.92 Å². The van der Waals surface area contributed by atoms with Crippen LogP contribution in [-0.4, -0.2) is 35.0 Å². The third kappa shape index (κ3) is 4.44. The quantitative estimate of drug-likeness (QED) is 0.909. The van der Waals surface area contributed by atoms with E-state index in [1.165, 1.54) is 18.2 Å². The first-order chi connectivity index (χ1) is 12.0. The van der Waals surface area contributed by atoms with Crippen LogP contribution in [-0.2, 0) is 17.6 Å². The predicted molar refractivity (Wildman–Crippen MR) is 91.9 cm³/mol. The van der Waals surface area contributed by atoms with Crippen LogP contribution in [0.15, 0.2) is 48.5 Å². The molecule has 1 unspecified atom stereocenters. The van der Waals surface area contributed by atoms with Gasteiger partial charge >= 0.3 is 5.97 Å². The van der Waals surface area contributed by atoms with Gasteiger partial charge in [0.1, 0.15) is 5.82 Å². The third-order valence-corrected chi connectivity index (χ3v) is 4.61. The highest BCUT2D eigenvalue weighted by Crippen LogP contribution is 2.22. The van der Waals surface area contributed by atoms with Crippen LogP contribution < -0.4 is 0 Å². The molecule has 3 rings (SSSR count). The molecule has 1 N–H and O–H groups in total. The number of hydrogen-bond acceptors (Lipinski definition) is 2. The highest BCUT2D eigenvalue weighted by molar-refractivity contribution is 5.88. The lowest BCUT2D eigenvalue weighted by Gasteiger charge is -2.17. The van der Waals surface area contributed by atoms with E-state index < -0.39 is 5.97 Å². The van der Waals surface area contributed by atoms with Crippen LogP contribution in [0.2, 0.25) is 0 Å². The van der Waals surface area contributed by atoms with E-state index in [0.717, 1.165) is 18.4 Å². The number of carboxylic acid groups (broad SMARTS) is 1. The summed E-state index contributed by atoms with van der Waals surface area (Å²) in [4.78, 5) is 25.3. The van der Waals surface area contributed by atoms with Crippen LogP contribution in [0.3, 0.4) is 0 Å². The number of carbonyl (C=O) groups excluding carboxylic acids is 1. The first-order valence-corrected chi connectivity index (χ1v) is 8.36. The Morgan fingerprint density at radius 1 is 1.12 bits per heavy atom. The first kappa shape index (κ1) is 17.1. The van der Waals surface area contributed by atoms with Crippen LogP contribution in [0, 0.1) is 11.7 Å². The summed E-state index contributed by atoms with van der Waals surface area (Å²) in [6.45, 7) is 1.40. The Morgan fingerprint density at radius 3 is 2.60 bits per heavy atom.